The third-order valence-electron chi connectivity index (χ3n) is 8.27. The Bertz CT molecular complexity index is 1560. The molecule has 0 amide bonds. The molecule has 2 atom stereocenters. The fraction of sp³-hybridized carbons (Fsp3) is 0.429. The monoisotopic (exact) mass is 552 g/mol. The van der Waals surface area contributed by atoms with Gasteiger partial charge in [-0.15, -0.1) is 0 Å². The molecule has 0 aliphatic carbocycles. The highest BCUT2D eigenvalue weighted by Gasteiger charge is 2.33. The lowest BCUT2D eigenvalue weighted by Gasteiger charge is -2.37. The van der Waals surface area contributed by atoms with Crippen molar-refractivity contribution in [3.8, 4) is 11.3 Å². The molecule has 8 nitrogen and oxygen atoms in total. The van der Waals surface area contributed by atoms with E-state index >= 15 is 4.39 Å². The van der Waals surface area contributed by atoms with E-state index in [1.807, 2.05) is 12.1 Å². The number of imidazole rings is 1. The van der Waals surface area contributed by atoms with Crippen LogP contribution in [0.4, 0.5) is 29.3 Å². The molecular weight excluding hydrogens is 524 g/mol. The quantitative estimate of drug-likeness (QED) is 0.340. The number of halogens is 4. The SMILES string of the molecule is Fc1cnc(Nc2ccc(CN3CCN4CCCC4C3)cn2)nc1-c1cc(F)c2nc3n(c2c1)C(C(F)F)CC3. The molecule has 0 saturated carbocycles. The van der Waals surface area contributed by atoms with Crippen molar-refractivity contribution in [1.82, 2.24) is 34.3 Å². The van der Waals surface area contributed by atoms with Crippen LogP contribution in [0.2, 0.25) is 0 Å². The van der Waals surface area contributed by atoms with Gasteiger partial charge in [0.1, 0.15) is 22.9 Å². The number of nitrogens with one attached hydrogen (secondary N) is 1. The Labute approximate surface area is 228 Å². The first-order chi connectivity index (χ1) is 19.4. The van der Waals surface area contributed by atoms with Crippen molar-refractivity contribution in [3.63, 3.8) is 0 Å². The van der Waals surface area contributed by atoms with Gasteiger partial charge in [-0.25, -0.2) is 37.5 Å². The molecule has 6 heterocycles. The molecule has 0 bridgehead atoms. The Morgan fingerprint density at radius 3 is 2.70 bits per heavy atom. The Morgan fingerprint density at radius 1 is 0.975 bits per heavy atom. The van der Waals surface area contributed by atoms with E-state index in [1.165, 1.54) is 30.0 Å². The van der Waals surface area contributed by atoms with Crippen LogP contribution in [0.15, 0.2) is 36.7 Å². The number of aromatic nitrogens is 5. The van der Waals surface area contributed by atoms with Crippen LogP contribution in [0.5, 0.6) is 0 Å². The predicted molar refractivity (Wildman–Crippen MR) is 141 cm³/mol. The van der Waals surface area contributed by atoms with E-state index in [1.54, 1.807) is 6.20 Å². The van der Waals surface area contributed by atoms with E-state index in [0.717, 1.165) is 44.0 Å². The first-order valence-electron chi connectivity index (χ1n) is 13.6. The van der Waals surface area contributed by atoms with E-state index in [4.69, 9.17) is 0 Å². The fourth-order valence-corrected chi connectivity index (χ4v) is 6.32. The molecule has 12 heteroatoms. The first kappa shape index (κ1) is 25.3. The molecule has 0 radical (unpaired) electrons. The number of alkyl halides is 2. The highest BCUT2D eigenvalue weighted by atomic mass is 19.3. The molecule has 2 saturated heterocycles. The zero-order valence-corrected chi connectivity index (χ0v) is 21.7. The number of rotatable bonds is 6. The summed E-state index contributed by atoms with van der Waals surface area (Å²) in [5, 5.41) is 2.98. The molecule has 4 aromatic rings. The van der Waals surface area contributed by atoms with Crippen molar-refractivity contribution in [3.05, 3.63) is 59.7 Å². The second-order valence-corrected chi connectivity index (χ2v) is 10.8. The van der Waals surface area contributed by atoms with E-state index in [0.29, 0.717) is 24.1 Å². The molecule has 3 aromatic heterocycles. The van der Waals surface area contributed by atoms with Crippen LogP contribution in [0, 0.1) is 11.6 Å². The van der Waals surface area contributed by atoms with Gasteiger partial charge in [-0.3, -0.25) is 9.80 Å². The minimum atomic E-state index is -2.62. The van der Waals surface area contributed by atoms with Gasteiger partial charge in [0.25, 0.3) is 6.43 Å². The Hall–Kier alpha value is -3.64. The van der Waals surface area contributed by atoms with Gasteiger partial charge in [0.2, 0.25) is 5.95 Å². The molecule has 1 N–H and O–H groups in total. The number of anilines is 2. The van der Waals surface area contributed by atoms with Gasteiger partial charge in [0, 0.05) is 50.4 Å². The maximum Gasteiger partial charge on any atom is 0.259 e. The maximum atomic E-state index is 15.0. The van der Waals surface area contributed by atoms with Crippen molar-refractivity contribution >= 4 is 22.8 Å². The number of hydrogen-bond donors (Lipinski definition) is 1. The second kappa shape index (κ2) is 10.1. The summed E-state index contributed by atoms with van der Waals surface area (Å²) in [6.07, 6.45) is 3.27. The van der Waals surface area contributed by atoms with Gasteiger partial charge in [-0.05, 0) is 49.6 Å². The molecule has 0 spiro atoms. The molecule has 7 rings (SSSR count). The van der Waals surface area contributed by atoms with Crippen LogP contribution in [-0.4, -0.2) is 72.9 Å². The van der Waals surface area contributed by atoms with Crippen LogP contribution in [0.1, 0.15) is 36.7 Å². The summed E-state index contributed by atoms with van der Waals surface area (Å²) in [6, 6.07) is 5.95. The van der Waals surface area contributed by atoms with Crippen molar-refractivity contribution in [1.29, 1.82) is 0 Å². The highest BCUT2D eigenvalue weighted by Crippen LogP contribution is 2.37. The fourth-order valence-electron chi connectivity index (χ4n) is 6.32. The largest absolute Gasteiger partial charge is 0.319 e. The summed E-state index contributed by atoms with van der Waals surface area (Å²) in [7, 11) is 0. The number of hydrogen-bond acceptors (Lipinski definition) is 7. The standard InChI is InChI=1S/C28H28F4N8/c29-19-10-17(11-22-26(19)36-24-6-4-21(27(31)32)40(22)24)25-20(30)13-34-28(37-25)35-23-5-3-16(12-33-23)14-38-8-9-39-7-1-2-18(39)15-38/h3,5,10-13,18,21,27H,1-2,4,6-9,14-15H2,(H,33,34,35,37). The summed E-state index contributed by atoms with van der Waals surface area (Å²) in [5.74, 6) is -0.518. The number of benzene rings is 1. The Kier molecular flexibility index (Phi) is 6.38. The van der Waals surface area contributed by atoms with E-state index in [-0.39, 0.29) is 34.7 Å². The van der Waals surface area contributed by atoms with Gasteiger partial charge < -0.3 is 9.88 Å². The second-order valence-electron chi connectivity index (χ2n) is 10.8. The minimum Gasteiger partial charge on any atom is -0.319 e. The van der Waals surface area contributed by atoms with Gasteiger partial charge in [-0.1, -0.05) is 6.07 Å². The molecule has 208 valence electrons. The third kappa shape index (κ3) is 4.58. The molecule has 1 aromatic carbocycles. The van der Waals surface area contributed by atoms with Crippen LogP contribution in [0.3, 0.4) is 0 Å². The molecule has 3 aliphatic rings. The number of pyridine rings is 1. The predicted octanol–water partition coefficient (Wildman–Crippen LogP) is 4.94. The Balaban J connectivity index is 1.11. The van der Waals surface area contributed by atoms with Gasteiger partial charge >= 0.3 is 0 Å². The number of nitrogens with zero attached hydrogens (tertiary/aromatic N) is 7. The lowest BCUT2D eigenvalue weighted by molar-refractivity contribution is 0.0883. The topological polar surface area (TPSA) is 75.0 Å². The van der Waals surface area contributed by atoms with E-state index in [2.05, 4.69) is 35.1 Å². The zero-order valence-electron chi connectivity index (χ0n) is 21.7. The number of aryl methyl sites for hydroxylation is 1. The van der Waals surface area contributed by atoms with E-state index in [9.17, 15) is 13.2 Å². The summed E-state index contributed by atoms with van der Waals surface area (Å²) < 4.78 is 58.5. The summed E-state index contributed by atoms with van der Waals surface area (Å²) in [5.41, 5.74) is 1.25. The summed E-state index contributed by atoms with van der Waals surface area (Å²) >= 11 is 0. The molecular formula is C28H28F4N8. The number of piperazine rings is 1. The minimum absolute atomic E-state index is 0.00803. The van der Waals surface area contributed by atoms with Crippen LogP contribution >= 0.6 is 0 Å². The van der Waals surface area contributed by atoms with Crippen molar-refractivity contribution in [2.24, 2.45) is 0 Å². The average molecular weight is 553 g/mol. The first-order valence-corrected chi connectivity index (χ1v) is 13.6. The summed E-state index contributed by atoms with van der Waals surface area (Å²) in [6.45, 7) is 5.26. The third-order valence-corrected chi connectivity index (χ3v) is 8.27. The van der Waals surface area contributed by atoms with Gasteiger partial charge in [-0.2, -0.15) is 0 Å². The number of fused-ring (bicyclic) bond motifs is 4. The smallest absolute Gasteiger partial charge is 0.259 e. The normalized spacial score (nSPS) is 21.3. The lowest BCUT2D eigenvalue weighted by Crippen LogP contribution is -2.49. The molecule has 2 unspecified atom stereocenters. The van der Waals surface area contributed by atoms with Gasteiger partial charge in [0.15, 0.2) is 11.6 Å². The summed E-state index contributed by atoms with van der Waals surface area (Å²) in [4.78, 5) is 22.0. The zero-order chi connectivity index (χ0) is 27.4. The van der Waals surface area contributed by atoms with Crippen molar-refractivity contribution < 1.29 is 17.6 Å². The van der Waals surface area contributed by atoms with Crippen molar-refractivity contribution in [2.75, 3.05) is 31.5 Å². The van der Waals surface area contributed by atoms with Crippen molar-refractivity contribution in [2.45, 2.75) is 50.7 Å². The van der Waals surface area contributed by atoms with Gasteiger partial charge in [0.05, 0.1) is 17.8 Å². The maximum absolute atomic E-state index is 15.0. The highest BCUT2D eigenvalue weighted by molar-refractivity contribution is 5.83. The Morgan fingerprint density at radius 2 is 1.88 bits per heavy atom. The average Bonchev–Trinajstić information content (AvgIpc) is 3.66. The van der Waals surface area contributed by atoms with Crippen LogP contribution in [0.25, 0.3) is 22.3 Å². The molecule has 40 heavy (non-hydrogen) atoms. The lowest BCUT2D eigenvalue weighted by atomic mass is 10.1. The van der Waals surface area contributed by atoms with Crippen LogP contribution < -0.4 is 5.32 Å². The molecule has 3 aliphatic heterocycles. The van der Waals surface area contributed by atoms with E-state index < -0.39 is 24.1 Å². The van der Waals surface area contributed by atoms with Crippen LogP contribution in [-0.2, 0) is 13.0 Å². The molecule has 2 fully saturated rings.